The number of hydrogen-bond donors (Lipinski definition) is 2. The zero-order valence-corrected chi connectivity index (χ0v) is 13.0. The summed E-state index contributed by atoms with van der Waals surface area (Å²) in [6.07, 6.45) is 0. The smallest absolute Gasteiger partial charge is 0.224 e. The van der Waals surface area contributed by atoms with Crippen LogP contribution in [0.3, 0.4) is 0 Å². The van der Waals surface area contributed by atoms with Crippen molar-refractivity contribution in [2.75, 3.05) is 17.7 Å². The zero-order chi connectivity index (χ0) is 16.0. The van der Waals surface area contributed by atoms with E-state index in [4.69, 9.17) is 5.73 Å². The molecule has 0 aliphatic carbocycles. The van der Waals surface area contributed by atoms with Crippen LogP contribution in [0.5, 0.6) is 0 Å². The fourth-order valence-corrected chi connectivity index (χ4v) is 2.88. The summed E-state index contributed by atoms with van der Waals surface area (Å²) in [5, 5.41) is 2.08. The number of benzene rings is 2. The van der Waals surface area contributed by atoms with E-state index in [1.165, 1.54) is 5.56 Å². The fourth-order valence-electron chi connectivity index (χ4n) is 2.88. The van der Waals surface area contributed by atoms with Crippen molar-refractivity contribution in [3.63, 3.8) is 0 Å². The highest BCUT2D eigenvalue weighted by atomic mass is 15.2. The van der Waals surface area contributed by atoms with Crippen LogP contribution in [0.4, 0.5) is 17.5 Å². The van der Waals surface area contributed by atoms with Gasteiger partial charge in [0.15, 0.2) is 0 Å². The Labute approximate surface area is 133 Å². The lowest BCUT2D eigenvalue weighted by Crippen LogP contribution is -2.13. The fraction of sp³-hybridized carbons (Fsp3) is 0.111. The minimum Gasteiger partial charge on any atom is -0.368 e. The maximum absolute atomic E-state index is 5.92. The predicted molar refractivity (Wildman–Crippen MR) is 95.0 cm³/mol. The van der Waals surface area contributed by atoms with Crippen LogP contribution in [0, 0.1) is 6.92 Å². The number of hydrogen-bond acceptors (Lipinski definition) is 4. The van der Waals surface area contributed by atoms with Gasteiger partial charge in [-0.3, -0.25) is 0 Å². The number of nitrogens with one attached hydrogen (secondary N) is 1. The van der Waals surface area contributed by atoms with E-state index >= 15 is 0 Å². The first-order chi connectivity index (χ1) is 11.1. The van der Waals surface area contributed by atoms with Crippen LogP contribution < -0.4 is 10.6 Å². The Bertz CT molecular complexity index is 1000. The number of para-hydroxylation sites is 1. The van der Waals surface area contributed by atoms with Crippen LogP contribution in [0.2, 0.25) is 0 Å². The molecule has 2 aromatic heterocycles. The topological polar surface area (TPSA) is 70.8 Å². The number of aryl methyl sites for hydroxylation is 1. The number of fused-ring (bicyclic) bond motifs is 3. The number of nitrogens with zero attached hydrogens (tertiary/aromatic N) is 3. The molecule has 5 nitrogen and oxygen atoms in total. The molecule has 0 bridgehead atoms. The van der Waals surface area contributed by atoms with Gasteiger partial charge in [-0.25, -0.2) is 0 Å². The summed E-state index contributed by atoms with van der Waals surface area (Å²) >= 11 is 0. The second-order valence-corrected chi connectivity index (χ2v) is 5.69. The molecule has 3 N–H and O–H groups in total. The van der Waals surface area contributed by atoms with Gasteiger partial charge in [0.25, 0.3) is 0 Å². The minimum atomic E-state index is 0.262. The molecule has 0 atom stereocenters. The molecule has 0 radical (unpaired) electrons. The van der Waals surface area contributed by atoms with E-state index in [9.17, 15) is 0 Å². The van der Waals surface area contributed by atoms with Gasteiger partial charge in [0.1, 0.15) is 11.5 Å². The monoisotopic (exact) mass is 303 g/mol. The summed E-state index contributed by atoms with van der Waals surface area (Å²) in [6, 6.07) is 16.4. The Morgan fingerprint density at radius 2 is 1.74 bits per heavy atom. The van der Waals surface area contributed by atoms with Gasteiger partial charge in [-0.1, -0.05) is 35.9 Å². The first-order valence-corrected chi connectivity index (χ1v) is 7.48. The van der Waals surface area contributed by atoms with Crippen molar-refractivity contribution < 1.29 is 0 Å². The summed E-state index contributed by atoms with van der Waals surface area (Å²) in [5.41, 5.74) is 9.98. The molecule has 0 unspecified atom stereocenters. The lowest BCUT2D eigenvalue weighted by molar-refractivity contribution is 1.12. The standard InChI is InChI=1S/C18H17N5/c1-11-7-9-12(10-8-11)23(2)17-15-13-5-3-4-6-14(13)20-16(15)21-18(19)22-17/h3-10H,1-2H3,(H3,19,20,21,22). The van der Waals surface area contributed by atoms with Gasteiger partial charge >= 0.3 is 0 Å². The van der Waals surface area contributed by atoms with Crippen molar-refractivity contribution in [1.82, 2.24) is 15.0 Å². The van der Waals surface area contributed by atoms with Crippen LogP contribution in [0.15, 0.2) is 48.5 Å². The van der Waals surface area contributed by atoms with Crippen molar-refractivity contribution in [2.24, 2.45) is 0 Å². The van der Waals surface area contributed by atoms with E-state index in [2.05, 4.69) is 52.2 Å². The highest BCUT2D eigenvalue weighted by molar-refractivity contribution is 6.12. The highest BCUT2D eigenvalue weighted by Crippen LogP contribution is 2.34. The molecule has 0 saturated carbocycles. The predicted octanol–water partition coefficient (Wildman–Crippen LogP) is 3.77. The second kappa shape index (κ2) is 4.98. The van der Waals surface area contributed by atoms with Gasteiger partial charge in [-0.05, 0) is 25.1 Å². The Hall–Kier alpha value is -3.08. The second-order valence-electron chi connectivity index (χ2n) is 5.69. The van der Waals surface area contributed by atoms with Gasteiger partial charge in [-0.2, -0.15) is 9.97 Å². The summed E-state index contributed by atoms with van der Waals surface area (Å²) in [4.78, 5) is 14.2. The number of rotatable bonds is 2. The summed E-state index contributed by atoms with van der Waals surface area (Å²) in [6.45, 7) is 2.07. The number of nitrogen functional groups attached to an aromatic ring is 1. The lowest BCUT2D eigenvalue weighted by Gasteiger charge is -2.19. The quantitative estimate of drug-likeness (QED) is 0.591. The van der Waals surface area contributed by atoms with Crippen molar-refractivity contribution in [3.8, 4) is 0 Å². The third kappa shape index (κ3) is 2.17. The number of anilines is 3. The molecule has 4 rings (SSSR count). The van der Waals surface area contributed by atoms with E-state index in [1.807, 2.05) is 30.1 Å². The number of aromatic amines is 1. The first kappa shape index (κ1) is 13.6. The van der Waals surface area contributed by atoms with Crippen LogP contribution in [-0.2, 0) is 0 Å². The average Bonchev–Trinajstić information content (AvgIpc) is 2.92. The largest absolute Gasteiger partial charge is 0.368 e. The highest BCUT2D eigenvalue weighted by Gasteiger charge is 2.16. The number of H-pyrrole nitrogens is 1. The molecular weight excluding hydrogens is 286 g/mol. The number of aromatic nitrogens is 3. The summed E-state index contributed by atoms with van der Waals surface area (Å²) in [7, 11) is 1.99. The minimum absolute atomic E-state index is 0.262. The molecular formula is C18H17N5. The molecule has 114 valence electrons. The van der Waals surface area contributed by atoms with E-state index in [0.29, 0.717) is 0 Å². The Morgan fingerprint density at radius 1 is 1.00 bits per heavy atom. The SMILES string of the molecule is Cc1ccc(N(C)c2nc(N)nc3[nH]c4ccccc4c23)cc1. The molecule has 0 aliphatic heterocycles. The van der Waals surface area contributed by atoms with Crippen LogP contribution in [0.1, 0.15) is 5.56 Å². The van der Waals surface area contributed by atoms with Crippen LogP contribution in [-0.4, -0.2) is 22.0 Å². The molecule has 23 heavy (non-hydrogen) atoms. The molecule has 2 aromatic carbocycles. The molecule has 0 amide bonds. The average molecular weight is 303 g/mol. The van der Waals surface area contributed by atoms with Crippen LogP contribution in [0.25, 0.3) is 21.9 Å². The van der Waals surface area contributed by atoms with Gasteiger partial charge in [0.2, 0.25) is 5.95 Å². The van der Waals surface area contributed by atoms with E-state index in [0.717, 1.165) is 33.4 Å². The lowest BCUT2D eigenvalue weighted by atomic mass is 10.2. The Morgan fingerprint density at radius 3 is 2.52 bits per heavy atom. The molecule has 2 heterocycles. The molecule has 0 fully saturated rings. The van der Waals surface area contributed by atoms with Crippen molar-refractivity contribution >= 4 is 39.4 Å². The normalized spacial score (nSPS) is 11.2. The molecule has 0 aliphatic rings. The Kier molecular flexibility index (Phi) is 2.94. The van der Waals surface area contributed by atoms with Gasteiger partial charge in [0.05, 0.1) is 5.39 Å². The van der Waals surface area contributed by atoms with Crippen molar-refractivity contribution in [1.29, 1.82) is 0 Å². The van der Waals surface area contributed by atoms with E-state index in [1.54, 1.807) is 0 Å². The first-order valence-electron chi connectivity index (χ1n) is 7.48. The van der Waals surface area contributed by atoms with Gasteiger partial charge in [-0.15, -0.1) is 0 Å². The van der Waals surface area contributed by atoms with Crippen LogP contribution >= 0.6 is 0 Å². The van der Waals surface area contributed by atoms with E-state index in [-0.39, 0.29) is 5.95 Å². The third-order valence-electron chi connectivity index (χ3n) is 4.10. The molecule has 4 aromatic rings. The molecule has 0 saturated heterocycles. The van der Waals surface area contributed by atoms with Gasteiger partial charge in [0, 0.05) is 23.6 Å². The summed E-state index contributed by atoms with van der Waals surface area (Å²) < 4.78 is 0. The zero-order valence-electron chi connectivity index (χ0n) is 13.0. The van der Waals surface area contributed by atoms with Crippen molar-refractivity contribution in [3.05, 3.63) is 54.1 Å². The molecule has 5 heteroatoms. The molecule has 0 spiro atoms. The maximum Gasteiger partial charge on any atom is 0.224 e. The van der Waals surface area contributed by atoms with Gasteiger partial charge < -0.3 is 15.6 Å². The van der Waals surface area contributed by atoms with E-state index < -0.39 is 0 Å². The number of nitrogens with two attached hydrogens (primary N) is 1. The third-order valence-corrected chi connectivity index (χ3v) is 4.10. The summed E-state index contributed by atoms with van der Waals surface area (Å²) in [5.74, 6) is 1.06. The Balaban J connectivity index is 1.99. The van der Waals surface area contributed by atoms with Crippen molar-refractivity contribution in [2.45, 2.75) is 6.92 Å². The maximum atomic E-state index is 5.92.